The Kier molecular flexibility index (Phi) is 5.30. The SMILES string of the molecule is Cc1ccc(-c2cc(-c3ccc4ncn(C)c(=O)c4c3)n(Cc3ccc(C(N)=O)cc3)n2)cc1. The van der Waals surface area contributed by atoms with Crippen molar-refractivity contribution in [3.05, 3.63) is 106 Å². The zero-order chi connectivity index (χ0) is 23.8. The highest BCUT2D eigenvalue weighted by molar-refractivity contribution is 5.92. The minimum atomic E-state index is -0.459. The molecule has 0 aliphatic rings. The Morgan fingerprint density at radius 3 is 2.35 bits per heavy atom. The summed E-state index contributed by atoms with van der Waals surface area (Å²) in [6, 6.07) is 23.1. The highest BCUT2D eigenvalue weighted by Crippen LogP contribution is 2.28. The normalized spacial score (nSPS) is 11.1. The molecule has 0 saturated carbocycles. The first kappa shape index (κ1) is 21.3. The molecule has 5 rings (SSSR count). The zero-order valence-corrected chi connectivity index (χ0v) is 18.9. The predicted octanol–water partition coefficient (Wildman–Crippen LogP) is 3.92. The molecule has 5 aromatic rings. The van der Waals surface area contributed by atoms with Gasteiger partial charge in [-0.25, -0.2) is 4.98 Å². The average Bonchev–Trinajstić information content (AvgIpc) is 3.26. The maximum atomic E-state index is 12.7. The van der Waals surface area contributed by atoms with E-state index in [0.29, 0.717) is 23.0 Å². The van der Waals surface area contributed by atoms with E-state index in [4.69, 9.17) is 10.8 Å². The van der Waals surface area contributed by atoms with Crippen molar-refractivity contribution >= 4 is 16.8 Å². The van der Waals surface area contributed by atoms with Crippen LogP contribution < -0.4 is 11.3 Å². The van der Waals surface area contributed by atoms with Gasteiger partial charge in [-0.1, -0.05) is 48.0 Å². The summed E-state index contributed by atoms with van der Waals surface area (Å²) in [6.07, 6.45) is 1.53. The Balaban J connectivity index is 1.63. The van der Waals surface area contributed by atoms with E-state index in [1.165, 1.54) is 16.5 Å². The number of aromatic nitrogens is 4. The lowest BCUT2D eigenvalue weighted by Gasteiger charge is -2.09. The molecule has 1 amide bonds. The lowest BCUT2D eigenvalue weighted by Crippen LogP contribution is -2.16. The summed E-state index contributed by atoms with van der Waals surface area (Å²) in [5.74, 6) is -0.459. The number of hydrogen-bond acceptors (Lipinski definition) is 4. The van der Waals surface area contributed by atoms with Crippen molar-refractivity contribution in [1.29, 1.82) is 0 Å². The van der Waals surface area contributed by atoms with Crippen LogP contribution >= 0.6 is 0 Å². The first-order valence-electron chi connectivity index (χ1n) is 10.9. The largest absolute Gasteiger partial charge is 0.366 e. The molecule has 3 aromatic carbocycles. The van der Waals surface area contributed by atoms with E-state index in [1.54, 1.807) is 19.2 Å². The molecule has 0 unspecified atom stereocenters. The van der Waals surface area contributed by atoms with E-state index < -0.39 is 5.91 Å². The maximum absolute atomic E-state index is 12.7. The smallest absolute Gasteiger partial charge is 0.260 e. The third-order valence-corrected chi connectivity index (χ3v) is 5.91. The van der Waals surface area contributed by atoms with Crippen LogP contribution in [-0.4, -0.2) is 25.2 Å². The molecule has 0 saturated heterocycles. The molecule has 7 nitrogen and oxygen atoms in total. The van der Waals surface area contributed by atoms with Gasteiger partial charge >= 0.3 is 0 Å². The van der Waals surface area contributed by atoms with Gasteiger partial charge in [0.15, 0.2) is 0 Å². The van der Waals surface area contributed by atoms with Crippen molar-refractivity contribution in [1.82, 2.24) is 19.3 Å². The van der Waals surface area contributed by atoms with Gasteiger partial charge in [-0.05, 0) is 42.8 Å². The van der Waals surface area contributed by atoms with Gasteiger partial charge in [-0.3, -0.25) is 14.3 Å². The minimum Gasteiger partial charge on any atom is -0.366 e. The van der Waals surface area contributed by atoms with Crippen LogP contribution in [0.25, 0.3) is 33.4 Å². The molecule has 0 atom stereocenters. The lowest BCUT2D eigenvalue weighted by atomic mass is 10.1. The van der Waals surface area contributed by atoms with Crippen LogP contribution in [0.5, 0.6) is 0 Å². The van der Waals surface area contributed by atoms with Gasteiger partial charge in [0.25, 0.3) is 5.56 Å². The second kappa shape index (κ2) is 8.44. The maximum Gasteiger partial charge on any atom is 0.260 e. The number of carbonyl (C=O) groups excluding carboxylic acids is 1. The van der Waals surface area contributed by atoms with E-state index in [9.17, 15) is 9.59 Å². The monoisotopic (exact) mass is 449 g/mol. The van der Waals surface area contributed by atoms with Gasteiger partial charge in [-0.15, -0.1) is 0 Å². The number of hydrogen-bond donors (Lipinski definition) is 1. The fourth-order valence-electron chi connectivity index (χ4n) is 3.95. The molecular weight excluding hydrogens is 426 g/mol. The van der Waals surface area contributed by atoms with Crippen LogP contribution in [0.2, 0.25) is 0 Å². The van der Waals surface area contributed by atoms with Gasteiger partial charge in [0.2, 0.25) is 5.91 Å². The Hall–Kier alpha value is -4.52. The van der Waals surface area contributed by atoms with Gasteiger partial charge < -0.3 is 10.3 Å². The van der Waals surface area contributed by atoms with Crippen LogP contribution in [0, 0.1) is 6.92 Å². The van der Waals surface area contributed by atoms with E-state index in [-0.39, 0.29) is 5.56 Å². The Morgan fingerprint density at radius 2 is 1.65 bits per heavy atom. The van der Waals surface area contributed by atoms with Gasteiger partial charge in [0.05, 0.1) is 35.2 Å². The van der Waals surface area contributed by atoms with E-state index in [0.717, 1.165) is 28.1 Å². The summed E-state index contributed by atoms with van der Waals surface area (Å²) in [4.78, 5) is 28.5. The molecule has 0 spiro atoms. The topological polar surface area (TPSA) is 95.8 Å². The summed E-state index contributed by atoms with van der Waals surface area (Å²) < 4.78 is 3.39. The number of primary amides is 1. The highest BCUT2D eigenvalue weighted by atomic mass is 16.1. The first-order valence-corrected chi connectivity index (χ1v) is 10.9. The van der Waals surface area contributed by atoms with Gasteiger partial charge in [-0.2, -0.15) is 5.10 Å². The van der Waals surface area contributed by atoms with Crippen molar-refractivity contribution in [3.8, 4) is 22.5 Å². The van der Waals surface area contributed by atoms with E-state index in [2.05, 4.69) is 17.1 Å². The number of benzene rings is 3. The Bertz CT molecular complexity index is 1580. The van der Waals surface area contributed by atoms with E-state index >= 15 is 0 Å². The van der Waals surface area contributed by atoms with Crippen LogP contribution in [0.1, 0.15) is 21.5 Å². The number of rotatable bonds is 5. The number of fused-ring (bicyclic) bond motifs is 1. The third-order valence-electron chi connectivity index (χ3n) is 5.91. The van der Waals surface area contributed by atoms with Crippen molar-refractivity contribution < 1.29 is 4.79 Å². The van der Waals surface area contributed by atoms with Crippen LogP contribution in [0.4, 0.5) is 0 Å². The number of carbonyl (C=O) groups is 1. The molecule has 34 heavy (non-hydrogen) atoms. The number of nitrogens with zero attached hydrogens (tertiary/aromatic N) is 4. The summed E-state index contributed by atoms with van der Waals surface area (Å²) in [5, 5.41) is 5.44. The fourth-order valence-corrected chi connectivity index (χ4v) is 3.95. The fraction of sp³-hybridized carbons (Fsp3) is 0.111. The minimum absolute atomic E-state index is 0.0984. The highest BCUT2D eigenvalue weighted by Gasteiger charge is 2.14. The zero-order valence-electron chi connectivity index (χ0n) is 18.9. The van der Waals surface area contributed by atoms with Crippen molar-refractivity contribution in [3.63, 3.8) is 0 Å². The average molecular weight is 450 g/mol. The van der Waals surface area contributed by atoms with Crippen molar-refractivity contribution in [2.75, 3.05) is 0 Å². The van der Waals surface area contributed by atoms with Gasteiger partial charge in [0, 0.05) is 23.7 Å². The summed E-state index contributed by atoms with van der Waals surface area (Å²) in [5.41, 5.74) is 12.1. The lowest BCUT2D eigenvalue weighted by molar-refractivity contribution is 0.100. The second-order valence-electron chi connectivity index (χ2n) is 8.39. The van der Waals surface area contributed by atoms with E-state index in [1.807, 2.05) is 60.1 Å². The molecule has 2 aromatic heterocycles. The summed E-state index contributed by atoms with van der Waals surface area (Å²) >= 11 is 0. The second-order valence-corrected chi connectivity index (χ2v) is 8.39. The Labute approximate surface area is 196 Å². The molecule has 0 aliphatic carbocycles. The molecule has 0 radical (unpaired) electrons. The standard InChI is InChI=1S/C27H23N5O2/c1-17-3-7-19(8-4-17)24-14-25(21-11-12-23-22(13-21)27(34)31(2)16-29-23)32(30-24)15-18-5-9-20(10-6-18)26(28)33/h3-14,16H,15H2,1-2H3,(H2,28,33). The molecule has 0 bridgehead atoms. The quantitative estimate of drug-likeness (QED) is 0.440. The third kappa shape index (κ3) is 3.99. The van der Waals surface area contributed by atoms with Gasteiger partial charge in [0.1, 0.15) is 0 Å². The number of amides is 1. The molecule has 0 aliphatic heterocycles. The molecule has 0 fully saturated rings. The molecule has 168 valence electrons. The Morgan fingerprint density at radius 1 is 0.941 bits per heavy atom. The number of aryl methyl sites for hydroxylation is 2. The number of nitrogens with two attached hydrogens (primary N) is 1. The molecule has 7 heteroatoms. The van der Waals surface area contributed by atoms with Crippen LogP contribution in [0.15, 0.2) is 83.9 Å². The summed E-state index contributed by atoms with van der Waals surface area (Å²) in [7, 11) is 1.69. The van der Waals surface area contributed by atoms with Crippen LogP contribution in [-0.2, 0) is 13.6 Å². The molecule has 2 heterocycles. The van der Waals surface area contributed by atoms with Crippen molar-refractivity contribution in [2.45, 2.75) is 13.5 Å². The van der Waals surface area contributed by atoms with Crippen molar-refractivity contribution in [2.24, 2.45) is 12.8 Å². The molecular formula is C27H23N5O2. The molecule has 2 N–H and O–H groups in total. The summed E-state index contributed by atoms with van der Waals surface area (Å²) in [6.45, 7) is 2.54. The first-order chi connectivity index (χ1) is 16.4. The van der Waals surface area contributed by atoms with Crippen LogP contribution in [0.3, 0.4) is 0 Å². The predicted molar refractivity (Wildman–Crippen MR) is 132 cm³/mol.